The van der Waals surface area contributed by atoms with Crippen molar-refractivity contribution in [2.24, 2.45) is 7.05 Å². The molecule has 0 fully saturated rings. The molecule has 0 saturated carbocycles. The molecule has 4 nitrogen and oxygen atoms in total. The average molecular weight is 311 g/mol. The Balaban J connectivity index is 1.96. The number of aryl methyl sites for hydroxylation is 2. The van der Waals surface area contributed by atoms with Gasteiger partial charge in [-0.1, -0.05) is 32.9 Å². The van der Waals surface area contributed by atoms with Gasteiger partial charge >= 0.3 is 0 Å². The van der Waals surface area contributed by atoms with Gasteiger partial charge < -0.3 is 5.32 Å². The number of benzene rings is 1. The molecule has 0 saturated heterocycles. The first-order valence-electron chi connectivity index (χ1n) is 8.31. The second-order valence-corrected chi connectivity index (χ2v) is 7.05. The lowest BCUT2D eigenvalue weighted by molar-refractivity contribution is 0.102. The first-order chi connectivity index (χ1) is 10.8. The van der Waals surface area contributed by atoms with Gasteiger partial charge in [-0.25, -0.2) is 0 Å². The number of amides is 1. The fourth-order valence-electron chi connectivity index (χ4n) is 3.77. The number of rotatable bonds is 3. The molecular weight excluding hydrogens is 286 g/mol. The third kappa shape index (κ3) is 2.56. The Kier molecular flexibility index (Phi) is 3.78. The van der Waals surface area contributed by atoms with E-state index in [2.05, 4.69) is 37.3 Å². The van der Waals surface area contributed by atoms with Crippen LogP contribution in [0.4, 0.5) is 5.69 Å². The molecule has 1 N–H and O–H groups in total. The number of anilines is 1. The molecule has 23 heavy (non-hydrogen) atoms. The summed E-state index contributed by atoms with van der Waals surface area (Å²) in [5.41, 5.74) is 6.25. The van der Waals surface area contributed by atoms with Crippen LogP contribution in [0.15, 0.2) is 18.2 Å². The number of hydrogen-bond acceptors (Lipinski definition) is 2. The molecule has 1 amide bonds. The second-order valence-electron chi connectivity index (χ2n) is 7.05. The van der Waals surface area contributed by atoms with E-state index in [4.69, 9.17) is 0 Å². The fourth-order valence-corrected chi connectivity index (χ4v) is 3.77. The van der Waals surface area contributed by atoms with E-state index in [9.17, 15) is 4.79 Å². The highest BCUT2D eigenvalue weighted by Gasteiger charge is 2.31. The van der Waals surface area contributed by atoms with Crippen molar-refractivity contribution >= 4 is 11.6 Å². The van der Waals surface area contributed by atoms with Gasteiger partial charge in [0.05, 0.1) is 17.0 Å². The number of carbonyl (C=O) groups excluding carboxylic acids is 1. The van der Waals surface area contributed by atoms with E-state index in [0.29, 0.717) is 5.56 Å². The van der Waals surface area contributed by atoms with Gasteiger partial charge in [-0.2, -0.15) is 5.10 Å². The quantitative estimate of drug-likeness (QED) is 0.938. The zero-order chi connectivity index (χ0) is 16.8. The first-order valence-corrected chi connectivity index (χ1v) is 8.31. The van der Waals surface area contributed by atoms with Gasteiger partial charge in [0.15, 0.2) is 0 Å². The third-order valence-electron chi connectivity index (χ3n) is 5.06. The van der Waals surface area contributed by atoms with Crippen molar-refractivity contribution in [2.45, 2.75) is 52.4 Å². The summed E-state index contributed by atoms with van der Waals surface area (Å²) in [4.78, 5) is 12.8. The van der Waals surface area contributed by atoms with Crippen LogP contribution in [0.3, 0.4) is 0 Å². The van der Waals surface area contributed by atoms with E-state index < -0.39 is 0 Å². The molecule has 0 unspecified atom stereocenters. The summed E-state index contributed by atoms with van der Waals surface area (Å²) in [6.07, 6.45) is 2.94. The van der Waals surface area contributed by atoms with E-state index in [1.54, 1.807) is 0 Å². The van der Waals surface area contributed by atoms with Gasteiger partial charge in [0.2, 0.25) is 0 Å². The molecule has 0 bridgehead atoms. The lowest BCUT2D eigenvalue weighted by atomic mass is 9.86. The van der Waals surface area contributed by atoms with Gasteiger partial charge in [-0.15, -0.1) is 0 Å². The predicted octanol–water partition coefficient (Wildman–Crippen LogP) is 3.77. The smallest absolute Gasteiger partial charge is 0.259 e. The Morgan fingerprint density at radius 3 is 2.83 bits per heavy atom. The Morgan fingerprint density at radius 2 is 2.13 bits per heavy atom. The molecule has 0 atom stereocenters. The Bertz CT molecular complexity index is 771. The zero-order valence-electron chi connectivity index (χ0n) is 14.7. The van der Waals surface area contributed by atoms with Gasteiger partial charge in [-0.05, 0) is 48.8 Å². The minimum Gasteiger partial charge on any atom is -0.322 e. The van der Waals surface area contributed by atoms with Crippen molar-refractivity contribution in [3.05, 3.63) is 46.3 Å². The molecule has 1 aromatic carbocycles. The maximum Gasteiger partial charge on any atom is 0.259 e. The molecule has 2 aromatic rings. The highest BCUT2D eigenvalue weighted by atomic mass is 16.1. The summed E-state index contributed by atoms with van der Waals surface area (Å²) >= 11 is 0. The van der Waals surface area contributed by atoms with Crippen LogP contribution in [0.2, 0.25) is 0 Å². The molecule has 1 heterocycles. The summed E-state index contributed by atoms with van der Waals surface area (Å²) in [5, 5.41) is 7.53. The zero-order valence-corrected chi connectivity index (χ0v) is 14.7. The maximum atomic E-state index is 12.8. The lowest BCUT2D eigenvalue weighted by Gasteiger charge is -2.19. The molecule has 0 radical (unpaired) electrons. The summed E-state index contributed by atoms with van der Waals surface area (Å²) < 4.78 is 1.81. The summed E-state index contributed by atoms with van der Waals surface area (Å²) in [7, 11) is 1.89. The minimum atomic E-state index is -0.0504. The lowest BCUT2D eigenvalue weighted by Crippen LogP contribution is -2.17. The van der Waals surface area contributed by atoms with E-state index in [-0.39, 0.29) is 11.3 Å². The first kappa shape index (κ1) is 15.8. The van der Waals surface area contributed by atoms with Crippen molar-refractivity contribution in [3.63, 3.8) is 0 Å². The molecule has 1 aliphatic rings. The van der Waals surface area contributed by atoms with E-state index in [1.807, 2.05) is 30.8 Å². The second kappa shape index (κ2) is 5.52. The number of nitrogens with one attached hydrogen (secondary N) is 1. The number of nitrogens with zero attached hydrogens (tertiary/aromatic N) is 2. The molecule has 1 aromatic heterocycles. The molecule has 0 aliphatic heterocycles. The van der Waals surface area contributed by atoms with Crippen molar-refractivity contribution in [2.75, 3.05) is 5.32 Å². The number of carbonyl (C=O) groups is 1. The minimum absolute atomic E-state index is 0.0504. The van der Waals surface area contributed by atoms with Gasteiger partial charge in [0, 0.05) is 12.7 Å². The van der Waals surface area contributed by atoms with Crippen LogP contribution in [0.5, 0.6) is 0 Å². The average Bonchev–Trinajstić information content (AvgIpc) is 2.96. The van der Waals surface area contributed by atoms with Gasteiger partial charge in [0.1, 0.15) is 0 Å². The standard InChI is InChI=1S/C19H25N3O/c1-6-16-17(12(2)21-22(16)5)18(23)20-15-9-7-8-14-13(15)10-11-19(14,3)4/h7-9H,6,10-11H2,1-5H3,(H,20,23). The van der Waals surface area contributed by atoms with E-state index in [1.165, 1.54) is 11.1 Å². The fraction of sp³-hybridized carbons (Fsp3) is 0.474. The van der Waals surface area contributed by atoms with Crippen molar-refractivity contribution in [1.82, 2.24) is 9.78 Å². The SMILES string of the molecule is CCc1c(C(=O)Nc2cccc3c2CCC3(C)C)c(C)nn1C. The number of aromatic nitrogens is 2. The van der Waals surface area contributed by atoms with E-state index in [0.717, 1.165) is 36.3 Å². The van der Waals surface area contributed by atoms with Crippen molar-refractivity contribution in [1.29, 1.82) is 0 Å². The Hall–Kier alpha value is -2.10. The van der Waals surface area contributed by atoms with Crippen LogP contribution in [-0.2, 0) is 25.3 Å². The molecule has 1 aliphatic carbocycles. The van der Waals surface area contributed by atoms with Crippen LogP contribution in [0.1, 0.15) is 60.1 Å². The van der Waals surface area contributed by atoms with Gasteiger partial charge in [-0.3, -0.25) is 9.48 Å². The van der Waals surface area contributed by atoms with Crippen LogP contribution >= 0.6 is 0 Å². The van der Waals surface area contributed by atoms with Crippen LogP contribution < -0.4 is 5.32 Å². The summed E-state index contributed by atoms with van der Waals surface area (Å²) in [6.45, 7) is 8.48. The molecular formula is C19H25N3O. The van der Waals surface area contributed by atoms with Crippen molar-refractivity contribution in [3.8, 4) is 0 Å². The largest absolute Gasteiger partial charge is 0.322 e. The van der Waals surface area contributed by atoms with Crippen LogP contribution in [0, 0.1) is 6.92 Å². The Labute approximate surface area is 137 Å². The molecule has 4 heteroatoms. The summed E-state index contributed by atoms with van der Waals surface area (Å²) in [5.74, 6) is -0.0504. The Morgan fingerprint density at radius 1 is 1.39 bits per heavy atom. The maximum absolute atomic E-state index is 12.8. The third-order valence-corrected chi connectivity index (χ3v) is 5.06. The van der Waals surface area contributed by atoms with Crippen LogP contribution in [-0.4, -0.2) is 15.7 Å². The van der Waals surface area contributed by atoms with Crippen molar-refractivity contribution < 1.29 is 4.79 Å². The summed E-state index contributed by atoms with van der Waals surface area (Å²) in [6, 6.07) is 6.23. The van der Waals surface area contributed by atoms with E-state index >= 15 is 0 Å². The monoisotopic (exact) mass is 311 g/mol. The highest BCUT2D eigenvalue weighted by Crippen LogP contribution is 2.41. The van der Waals surface area contributed by atoms with Gasteiger partial charge in [0.25, 0.3) is 5.91 Å². The molecule has 122 valence electrons. The predicted molar refractivity (Wildman–Crippen MR) is 93.1 cm³/mol. The normalized spacial score (nSPS) is 15.5. The number of hydrogen-bond donors (Lipinski definition) is 1. The molecule has 0 spiro atoms. The van der Waals surface area contributed by atoms with Crippen LogP contribution in [0.25, 0.3) is 0 Å². The molecule has 3 rings (SSSR count). The number of fused-ring (bicyclic) bond motifs is 1. The topological polar surface area (TPSA) is 46.9 Å². The highest BCUT2D eigenvalue weighted by molar-refractivity contribution is 6.06.